The summed E-state index contributed by atoms with van der Waals surface area (Å²) in [6.07, 6.45) is 5.87. The summed E-state index contributed by atoms with van der Waals surface area (Å²) in [6.45, 7) is 4.66. The number of hydrogen-bond donors (Lipinski definition) is 2. The zero-order valence-corrected chi connectivity index (χ0v) is 13.2. The molecular formula is C18H27NO2. The molecule has 1 amide bonds. The van der Waals surface area contributed by atoms with E-state index in [0.29, 0.717) is 12.1 Å². The zero-order valence-electron chi connectivity index (χ0n) is 13.2. The highest BCUT2D eigenvalue weighted by atomic mass is 16.3. The van der Waals surface area contributed by atoms with E-state index in [9.17, 15) is 9.90 Å². The Kier molecular flexibility index (Phi) is 5.40. The van der Waals surface area contributed by atoms with Crippen LogP contribution >= 0.6 is 0 Å². The van der Waals surface area contributed by atoms with Crippen molar-refractivity contribution in [3.05, 3.63) is 35.4 Å². The number of aliphatic hydroxyl groups is 1. The van der Waals surface area contributed by atoms with Gasteiger partial charge in [0.15, 0.2) is 0 Å². The summed E-state index contributed by atoms with van der Waals surface area (Å²) in [6, 6.07) is 7.67. The Morgan fingerprint density at radius 3 is 2.38 bits per heavy atom. The third-order valence-electron chi connectivity index (χ3n) is 4.82. The Balaban J connectivity index is 1.85. The van der Waals surface area contributed by atoms with Crippen molar-refractivity contribution in [2.24, 2.45) is 5.92 Å². The van der Waals surface area contributed by atoms with Crippen molar-refractivity contribution >= 4 is 5.91 Å². The van der Waals surface area contributed by atoms with Crippen molar-refractivity contribution in [2.45, 2.75) is 58.0 Å². The minimum Gasteiger partial charge on any atom is -0.388 e. The number of aryl methyl sites for hydroxylation is 1. The Labute approximate surface area is 127 Å². The minimum atomic E-state index is -0.718. The van der Waals surface area contributed by atoms with Crippen molar-refractivity contribution in [2.75, 3.05) is 6.54 Å². The maximum atomic E-state index is 12.1. The highest BCUT2D eigenvalue weighted by Gasteiger charge is 2.32. The van der Waals surface area contributed by atoms with Crippen molar-refractivity contribution in [3.8, 4) is 0 Å². The lowest BCUT2D eigenvalue weighted by molar-refractivity contribution is -0.00786. The van der Waals surface area contributed by atoms with Gasteiger partial charge in [-0.25, -0.2) is 0 Å². The molecule has 1 aromatic rings. The van der Waals surface area contributed by atoms with Crippen molar-refractivity contribution in [1.29, 1.82) is 0 Å². The Morgan fingerprint density at radius 2 is 1.86 bits per heavy atom. The molecular weight excluding hydrogens is 262 g/mol. The molecule has 3 heteroatoms. The van der Waals surface area contributed by atoms with Crippen LogP contribution in [0.25, 0.3) is 0 Å². The van der Waals surface area contributed by atoms with E-state index in [4.69, 9.17) is 0 Å². The van der Waals surface area contributed by atoms with Gasteiger partial charge in [-0.15, -0.1) is 0 Å². The van der Waals surface area contributed by atoms with Gasteiger partial charge in [-0.05, 0) is 55.7 Å². The van der Waals surface area contributed by atoms with E-state index in [1.54, 1.807) is 0 Å². The number of rotatable bonds is 5. The van der Waals surface area contributed by atoms with Crippen LogP contribution in [-0.2, 0) is 6.42 Å². The van der Waals surface area contributed by atoms with Gasteiger partial charge in [-0.1, -0.05) is 32.4 Å². The SMILES string of the molecule is CCc1ccc(C(=O)NCC2(O)CCC(CC)CC2)cc1. The summed E-state index contributed by atoms with van der Waals surface area (Å²) in [7, 11) is 0. The smallest absolute Gasteiger partial charge is 0.251 e. The molecule has 0 aromatic heterocycles. The third-order valence-corrected chi connectivity index (χ3v) is 4.82. The minimum absolute atomic E-state index is 0.0938. The van der Waals surface area contributed by atoms with Gasteiger partial charge in [0.25, 0.3) is 5.91 Å². The van der Waals surface area contributed by atoms with Crippen LogP contribution < -0.4 is 5.32 Å². The molecule has 0 radical (unpaired) electrons. The predicted octanol–water partition coefficient (Wildman–Crippen LogP) is 3.31. The van der Waals surface area contributed by atoms with Crippen molar-refractivity contribution in [1.82, 2.24) is 5.32 Å². The van der Waals surface area contributed by atoms with E-state index in [1.165, 1.54) is 12.0 Å². The van der Waals surface area contributed by atoms with Gasteiger partial charge in [-0.3, -0.25) is 4.79 Å². The van der Waals surface area contributed by atoms with Crippen LogP contribution in [-0.4, -0.2) is 23.2 Å². The van der Waals surface area contributed by atoms with Gasteiger partial charge >= 0.3 is 0 Å². The van der Waals surface area contributed by atoms with E-state index >= 15 is 0 Å². The molecule has 1 saturated carbocycles. The number of hydrogen-bond acceptors (Lipinski definition) is 2. The summed E-state index contributed by atoms with van der Waals surface area (Å²) < 4.78 is 0. The number of carbonyl (C=O) groups is 1. The molecule has 0 bridgehead atoms. The highest BCUT2D eigenvalue weighted by molar-refractivity contribution is 5.94. The summed E-state index contributed by atoms with van der Waals surface area (Å²) in [5.74, 6) is 0.645. The Hall–Kier alpha value is -1.35. The van der Waals surface area contributed by atoms with Gasteiger partial charge in [0.05, 0.1) is 5.60 Å². The second-order valence-corrected chi connectivity index (χ2v) is 6.31. The molecule has 1 aliphatic rings. The monoisotopic (exact) mass is 289 g/mol. The van der Waals surface area contributed by atoms with Gasteiger partial charge in [0.1, 0.15) is 0 Å². The molecule has 21 heavy (non-hydrogen) atoms. The topological polar surface area (TPSA) is 49.3 Å². The molecule has 0 spiro atoms. The fourth-order valence-electron chi connectivity index (χ4n) is 3.04. The first-order valence-electron chi connectivity index (χ1n) is 8.16. The van der Waals surface area contributed by atoms with E-state index in [0.717, 1.165) is 38.0 Å². The molecule has 0 saturated heterocycles. The van der Waals surface area contributed by atoms with Gasteiger partial charge < -0.3 is 10.4 Å². The second-order valence-electron chi connectivity index (χ2n) is 6.31. The molecule has 0 aliphatic heterocycles. The lowest BCUT2D eigenvalue weighted by atomic mass is 9.78. The summed E-state index contributed by atoms with van der Waals surface area (Å²) >= 11 is 0. The van der Waals surface area contributed by atoms with Gasteiger partial charge in [-0.2, -0.15) is 0 Å². The largest absolute Gasteiger partial charge is 0.388 e. The van der Waals surface area contributed by atoms with Crippen LogP contribution in [0.15, 0.2) is 24.3 Å². The lowest BCUT2D eigenvalue weighted by Crippen LogP contribution is -2.45. The summed E-state index contributed by atoms with van der Waals surface area (Å²) in [4.78, 5) is 12.1. The van der Waals surface area contributed by atoms with Crippen LogP contribution in [0, 0.1) is 5.92 Å². The lowest BCUT2D eigenvalue weighted by Gasteiger charge is -2.35. The quantitative estimate of drug-likeness (QED) is 0.873. The average Bonchev–Trinajstić information content (AvgIpc) is 2.53. The van der Waals surface area contributed by atoms with E-state index in [1.807, 2.05) is 24.3 Å². The average molecular weight is 289 g/mol. The standard InChI is InChI=1S/C18H27NO2/c1-3-14-5-7-16(8-6-14)17(20)19-13-18(21)11-9-15(4-2)10-12-18/h5-8,15,21H,3-4,9-13H2,1-2H3,(H,19,20). The second kappa shape index (κ2) is 7.08. The predicted molar refractivity (Wildman–Crippen MR) is 85.4 cm³/mol. The van der Waals surface area contributed by atoms with Crippen LogP contribution in [0.5, 0.6) is 0 Å². The van der Waals surface area contributed by atoms with Gasteiger partial charge in [0.2, 0.25) is 0 Å². The number of amides is 1. The molecule has 1 fully saturated rings. The van der Waals surface area contributed by atoms with E-state index < -0.39 is 5.60 Å². The number of benzene rings is 1. The maximum absolute atomic E-state index is 12.1. The first-order chi connectivity index (χ1) is 10.1. The molecule has 0 unspecified atom stereocenters. The molecule has 2 rings (SSSR count). The highest BCUT2D eigenvalue weighted by Crippen LogP contribution is 2.33. The molecule has 1 aliphatic carbocycles. The molecule has 0 atom stereocenters. The molecule has 0 heterocycles. The van der Waals surface area contributed by atoms with Crippen LogP contribution in [0.2, 0.25) is 0 Å². The fraction of sp³-hybridized carbons (Fsp3) is 0.611. The zero-order chi connectivity index (χ0) is 15.3. The fourth-order valence-corrected chi connectivity index (χ4v) is 3.04. The summed E-state index contributed by atoms with van der Waals surface area (Å²) in [5, 5.41) is 13.4. The Bertz CT molecular complexity index is 459. The van der Waals surface area contributed by atoms with Gasteiger partial charge in [0, 0.05) is 12.1 Å². The molecule has 2 N–H and O–H groups in total. The molecule has 116 valence electrons. The first-order valence-corrected chi connectivity index (χ1v) is 8.16. The Morgan fingerprint density at radius 1 is 1.24 bits per heavy atom. The number of nitrogens with one attached hydrogen (secondary N) is 1. The molecule has 3 nitrogen and oxygen atoms in total. The molecule has 1 aromatic carbocycles. The van der Waals surface area contributed by atoms with E-state index in [-0.39, 0.29) is 5.91 Å². The number of carbonyl (C=O) groups excluding carboxylic acids is 1. The van der Waals surface area contributed by atoms with Crippen LogP contribution in [0.4, 0.5) is 0 Å². The van der Waals surface area contributed by atoms with Crippen molar-refractivity contribution in [3.63, 3.8) is 0 Å². The van der Waals surface area contributed by atoms with Crippen LogP contribution in [0.3, 0.4) is 0 Å². The maximum Gasteiger partial charge on any atom is 0.251 e. The summed E-state index contributed by atoms with van der Waals surface area (Å²) in [5.41, 5.74) is 1.17. The van der Waals surface area contributed by atoms with Crippen LogP contribution in [0.1, 0.15) is 61.9 Å². The third kappa shape index (κ3) is 4.31. The van der Waals surface area contributed by atoms with Crippen molar-refractivity contribution < 1.29 is 9.90 Å². The first kappa shape index (κ1) is 16.0. The van der Waals surface area contributed by atoms with E-state index in [2.05, 4.69) is 19.2 Å². The normalized spacial score (nSPS) is 25.6.